The molecule has 1 amide bonds. The minimum atomic E-state index is -0.861. The molecule has 0 bridgehead atoms. The van der Waals surface area contributed by atoms with E-state index in [0.29, 0.717) is 11.7 Å². The molecule has 0 aromatic rings. The molecule has 2 aliphatic carbocycles. The summed E-state index contributed by atoms with van der Waals surface area (Å²) in [7, 11) is 0. The van der Waals surface area contributed by atoms with Crippen molar-refractivity contribution >= 4 is 22.7 Å². The number of nitrogens with zero attached hydrogens (tertiary/aromatic N) is 1. The number of nitrogens with two attached hydrogens (primary N) is 1. The monoisotopic (exact) mass is 356 g/mol. The molecule has 2 unspecified atom stereocenters. The van der Waals surface area contributed by atoms with Crippen LogP contribution in [0.5, 0.6) is 0 Å². The molecule has 3 N–H and O–H groups in total. The summed E-state index contributed by atoms with van der Waals surface area (Å²) in [5, 5.41) is 10.7. The van der Waals surface area contributed by atoms with Crippen LogP contribution in [0, 0.1) is 17.8 Å². The summed E-state index contributed by atoms with van der Waals surface area (Å²) < 4.78 is 5.84. The van der Waals surface area contributed by atoms with Crippen molar-refractivity contribution in [2.24, 2.45) is 16.6 Å². The second-order valence-corrected chi connectivity index (χ2v) is 7.91. The number of aliphatic hydroxyl groups is 1. The number of hydrogen-bond acceptors (Lipinski definition) is 5. The van der Waals surface area contributed by atoms with Gasteiger partial charge in [0.25, 0.3) is 5.91 Å². The first kappa shape index (κ1) is 16.5. The maximum absolute atomic E-state index is 11.6. The first-order chi connectivity index (χ1) is 12.0. The van der Waals surface area contributed by atoms with E-state index in [2.05, 4.69) is 16.8 Å². The number of amides is 1. The quantitative estimate of drug-likeness (QED) is 0.700. The molecule has 2 aliphatic heterocycles. The van der Waals surface area contributed by atoms with E-state index in [1.54, 1.807) is 0 Å². The average molecular weight is 356 g/mol. The van der Waals surface area contributed by atoms with Crippen LogP contribution < -0.4 is 5.73 Å². The molecule has 1 saturated heterocycles. The Morgan fingerprint density at radius 1 is 1.40 bits per heavy atom. The molecule has 0 radical (unpaired) electrons. The summed E-state index contributed by atoms with van der Waals surface area (Å²) in [6, 6.07) is 0. The number of allylic oxidation sites excluding steroid dienone is 4. The maximum Gasteiger partial charge on any atom is 0.273 e. The fourth-order valence-corrected chi connectivity index (χ4v) is 4.76. The number of hydrogen-bond donors (Lipinski definition) is 2. The highest BCUT2D eigenvalue weighted by Crippen LogP contribution is 2.45. The third kappa shape index (κ3) is 2.92. The molecule has 2 fully saturated rings. The van der Waals surface area contributed by atoms with Gasteiger partial charge in [0.2, 0.25) is 0 Å². The molecule has 4 aliphatic rings. The molecular formula is C19H20N2O3S. The smallest absolute Gasteiger partial charge is 0.273 e. The van der Waals surface area contributed by atoms with Crippen LogP contribution in [-0.4, -0.2) is 39.6 Å². The zero-order chi connectivity index (χ0) is 17.5. The Labute approximate surface area is 151 Å². The van der Waals surface area contributed by atoms with Gasteiger partial charge in [0.1, 0.15) is 16.9 Å². The molecule has 2 heterocycles. The van der Waals surface area contributed by atoms with Crippen molar-refractivity contribution in [1.82, 2.24) is 0 Å². The Morgan fingerprint density at radius 3 is 2.96 bits per heavy atom. The lowest BCUT2D eigenvalue weighted by atomic mass is 9.86. The molecule has 1 saturated carbocycles. The molecular weight excluding hydrogens is 336 g/mol. The molecule has 6 heteroatoms. The highest BCUT2D eigenvalue weighted by molar-refractivity contribution is 8.15. The number of aliphatic imine (C=N–C) groups is 1. The zero-order valence-electron chi connectivity index (χ0n) is 13.8. The standard InChI is InChI=1S/C19H20N2O3S/c20-16(22)17-21-19-10-6-13(5-9-18(23)7-1-2-8-18)3-4-15(19)24-11-14(19)12-25-17/h3-4,6,10,14,23H,1-2,7-8,11-12H2,(H2,20,22). The molecule has 5 nitrogen and oxygen atoms in total. The molecule has 0 aromatic heterocycles. The number of thioether (sulfide) groups is 1. The van der Waals surface area contributed by atoms with Gasteiger partial charge in [0.05, 0.1) is 6.61 Å². The summed E-state index contributed by atoms with van der Waals surface area (Å²) in [4.78, 5) is 16.2. The number of ether oxygens (including phenoxy) is 1. The van der Waals surface area contributed by atoms with Crippen molar-refractivity contribution < 1.29 is 14.6 Å². The van der Waals surface area contributed by atoms with E-state index in [0.717, 1.165) is 42.8 Å². The molecule has 4 rings (SSSR count). The van der Waals surface area contributed by atoms with Crippen LogP contribution >= 0.6 is 11.8 Å². The second-order valence-electron chi connectivity index (χ2n) is 6.90. The Balaban J connectivity index is 1.67. The van der Waals surface area contributed by atoms with E-state index >= 15 is 0 Å². The van der Waals surface area contributed by atoms with Crippen LogP contribution in [0.25, 0.3) is 0 Å². The molecule has 25 heavy (non-hydrogen) atoms. The van der Waals surface area contributed by atoms with Crippen molar-refractivity contribution in [2.75, 3.05) is 12.4 Å². The Kier molecular flexibility index (Phi) is 4.01. The lowest BCUT2D eigenvalue weighted by molar-refractivity contribution is -0.111. The number of carbonyl (C=O) groups is 1. The van der Waals surface area contributed by atoms with Gasteiger partial charge in [-0.1, -0.05) is 11.8 Å². The highest BCUT2D eigenvalue weighted by Gasteiger charge is 2.50. The van der Waals surface area contributed by atoms with Crippen LogP contribution in [-0.2, 0) is 9.53 Å². The predicted octanol–water partition coefficient (Wildman–Crippen LogP) is 1.69. The second kappa shape index (κ2) is 6.08. The molecule has 1 spiro atoms. The first-order valence-corrected chi connectivity index (χ1v) is 9.52. The summed E-state index contributed by atoms with van der Waals surface area (Å²) >= 11 is 1.39. The van der Waals surface area contributed by atoms with Crippen molar-refractivity contribution in [2.45, 2.75) is 36.8 Å². The van der Waals surface area contributed by atoms with Crippen LogP contribution in [0.15, 0.2) is 40.6 Å². The Bertz CT molecular complexity index is 793. The van der Waals surface area contributed by atoms with Gasteiger partial charge < -0.3 is 15.6 Å². The van der Waals surface area contributed by atoms with Gasteiger partial charge in [-0.05, 0) is 50.0 Å². The van der Waals surface area contributed by atoms with Crippen LogP contribution in [0.2, 0.25) is 0 Å². The number of primary amides is 1. The minimum absolute atomic E-state index is 0.169. The summed E-state index contributed by atoms with van der Waals surface area (Å²) in [6.45, 7) is 0.577. The highest BCUT2D eigenvalue weighted by atomic mass is 32.2. The molecule has 0 aromatic carbocycles. The largest absolute Gasteiger partial charge is 0.495 e. The summed E-state index contributed by atoms with van der Waals surface area (Å²) in [6.07, 6.45) is 11.1. The topological polar surface area (TPSA) is 84.9 Å². The van der Waals surface area contributed by atoms with E-state index < -0.39 is 17.0 Å². The van der Waals surface area contributed by atoms with Crippen LogP contribution in [0.3, 0.4) is 0 Å². The summed E-state index contributed by atoms with van der Waals surface area (Å²) in [5.74, 6) is 7.24. The lowest BCUT2D eigenvalue weighted by Crippen LogP contribution is -2.40. The van der Waals surface area contributed by atoms with Crippen molar-refractivity contribution in [3.05, 3.63) is 35.6 Å². The van der Waals surface area contributed by atoms with Gasteiger partial charge in [-0.3, -0.25) is 9.79 Å². The van der Waals surface area contributed by atoms with E-state index in [9.17, 15) is 9.90 Å². The lowest BCUT2D eigenvalue weighted by Gasteiger charge is -2.30. The van der Waals surface area contributed by atoms with E-state index in [1.165, 1.54) is 11.8 Å². The zero-order valence-corrected chi connectivity index (χ0v) is 14.6. The van der Waals surface area contributed by atoms with Crippen LogP contribution in [0.1, 0.15) is 25.7 Å². The van der Waals surface area contributed by atoms with Gasteiger partial charge in [-0.2, -0.15) is 0 Å². The average Bonchev–Trinajstić information content (AvgIpc) is 3.14. The van der Waals surface area contributed by atoms with Crippen molar-refractivity contribution in [3.8, 4) is 11.8 Å². The van der Waals surface area contributed by atoms with Crippen molar-refractivity contribution in [1.29, 1.82) is 0 Å². The number of carbonyl (C=O) groups excluding carboxylic acids is 1. The third-order valence-corrected chi connectivity index (χ3v) is 6.31. The van der Waals surface area contributed by atoms with E-state index in [1.807, 2.05) is 24.3 Å². The number of rotatable bonds is 1. The first-order valence-electron chi connectivity index (χ1n) is 8.53. The maximum atomic E-state index is 11.6. The Hall–Kier alpha value is -1.97. The van der Waals surface area contributed by atoms with Gasteiger partial charge in [0.15, 0.2) is 5.04 Å². The minimum Gasteiger partial charge on any atom is -0.495 e. The fourth-order valence-electron chi connectivity index (χ4n) is 3.69. The predicted molar refractivity (Wildman–Crippen MR) is 97.8 cm³/mol. The SMILES string of the molecule is NC(=O)C1=NC23C=CC(C#CC4(O)CCCC4)=CC=C2OCC3CS1. The van der Waals surface area contributed by atoms with Crippen molar-refractivity contribution in [3.63, 3.8) is 0 Å². The van der Waals surface area contributed by atoms with E-state index in [4.69, 9.17) is 10.5 Å². The third-order valence-electron chi connectivity index (χ3n) is 5.18. The normalized spacial score (nSPS) is 32.0. The fraction of sp³-hybridized carbons (Fsp3) is 0.474. The molecule has 2 atom stereocenters. The van der Waals surface area contributed by atoms with Crippen LogP contribution in [0.4, 0.5) is 0 Å². The van der Waals surface area contributed by atoms with Gasteiger partial charge in [-0.25, -0.2) is 0 Å². The van der Waals surface area contributed by atoms with Gasteiger partial charge >= 0.3 is 0 Å². The molecule has 130 valence electrons. The Morgan fingerprint density at radius 2 is 2.20 bits per heavy atom. The summed E-state index contributed by atoms with van der Waals surface area (Å²) in [5.41, 5.74) is 4.70. The van der Waals surface area contributed by atoms with Gasteiger partial charge in [-0.15, -0.1) is 11.8 Å². The van der Waals surface area contributed by atoms with Gasteiger partial charge in [0, 0.05) is 17.2 Å². The van der Waals surface area contributed by atoms with E-state index in [-0.39, 0.29) is 5.92 Å².